The van der Waals surface area contributed by atoms with Gasteiger partial charge >= 0.3 is 0 Å². The van der Waals surface area contributed by atoms with E-state index in [1.165, 1.54) is 24.3 Å². The van der Waals surface area contributed by atoms with Crippen LogP contribution in [0, 0.1) is 6.92 Å². The number of aromatic amines is 1. The highest BCUT2D eigenvalue weighted by Gasteiger charge is 2.11. The molecule has 0 fully saturated rings. The van der Waals surface area contributed by atoms with Gasteiger partial charge in [0.1, 0.15) is 5.82 Å². The van der Waals surface area contributed by atoms with E-state index in [-0.39, 0.29) is 17.2 Å². The lowest BCUT2D eigenvalue weighted by Crippen LogP contribution is -2.25. The van der Waals surface area contributed by atoms with Crippen LogP contribution in [0.25, 0.3) is 0 Å². The summed E-state index contributed by atoms with van der Waals surface area (Å²) in [6.45, 7) is 3.55. The number of aromatic nitrogens is 2. The summed E-state index contributed by atoms with van der Waals surface area (Å²) in [6, 6.07) is 4.69. The molecule has 2 aromatic heterocycles. The molecule has 1 amide bonds. The van der Waals surface area contributed by atoms with Crippen molar-refractivity contribution in [3.8, 4) is 0 Å². The van der Waals surface area contributed by atoms with Crippen molar-refractivity contribution in [1.29, 1.82) is 0 Å². The first-order valence-corrected chi connectivity index (χ1v) is 7.23. The fraction of sp³-hybridized carbons (Fsp3) is 0.286. The van der Waals surface area contributed by atoms with E-state index in [9.17, 15) is 14.4 Å². The summed E-state index contributed by atoms with van der Waals surface area (Å²) in [6.07, 6.45) is 0.474. The zero-order chi connectivity index (χ0) is 15.4. The summed E-state index contributed by atoms with van der Waals surface area (Å²) in [5.74, 6) is 0.268. The van der Waals surface area contributed by atoms with Gasteiger partial charge in [-0.15, -0.1) is 11.3 Å². The van der Waals surface area contributed by atoms with Crippen molar-refractivity contribution in [2.45, 2.75) is 20.3 Å². The lowest BCUT2D eigenvalue weighted by molar-refractivity contribution is 0.0957. The summed E-state index contributed by atoms with van der Waals surface area (Å²) in [5.41, 5.74) is 0.431. The van der Waals surface area contributed by atoms with E-state index in [1.807, 2.05) is 0 Å². The van der Waals surface area contributed by atoms with E-state index in [1.54, 1.807) is 19.1 Å². The van der Waals surface area contributed by atoms with Gasteiger partial charge in [-0.2, -0.15) is 0 Å². The fourth-order valence-electron chi connectivity index (χ4n) is 1.81. The van der Waals surface area contributed by atoms with Crippen LogP contribution in [0.3, 0.4) is 0 Å². The second-order valence-electron chi connectivity index (χ2n) is 4.55. The van der Waals surface area contributed by atoms with Gasteiger partial charge in [0.2, 0.25) is 0 Å². The molecule has 0 atom stereocenters. The number of nitrogens with zero attached hydrogens (tertiary/aromatic N) is 1. The van der Waals surface area contributed by atoms with Crippen LogP contribution in [-0.4, -0.2) is 28.2 Å². The van der Waals surface area contributed by atoms with Crippen LogP contribution in [0.15, 0.2) is 23.0 Å². The molecule has 2 heterocycles. The number of hydrogen-bond donors (Lipinski definition) is 2. The number of thiophene rings is 1. The van der Waals surface area contributed by atoms with E-state index in [2.05, 4.69) is 15.3 Å². The Kier molecular flexibility index (Phi) is 4.64. The molecule has 0 spiro atoms. The Labute approximate surface area is 125 Å². The molecule has 2 rings (SSSR count). The van der Waals surface area contributed by atoms with Crippen molar-refractivity contribution in [3.05, 3.63) is 49.8 Å². The van der Waals surface area contributed by atoms with Crippen LogP contribution in [0.4, 0.5) is 0 Å². The first-order chi connectivity index (χ1) is 9.95. The van der Waals surface area contributed by atoms with Gasteiger partial charge in [0.25, 0.3) is 11.5 Å². The molecule has 6 nitrogen and oxygen atoms in total. The standard InChI is InChI=1S/C14H15N3O3S/c1-8(18)11-3-4-12(21-11)14(20)15-6-5-10-7-13(19)17-9(2)16-10/h3-4,7H,5-6H2,1-2H3,(H,15,20)(H,16,17,19). The lowest BCUT2D eigenvalue weighted by atomic mass is 10.3. The average molecular weight is 305 g/mol. The molecule has 110 valence electrons. The van der Waals surface area contributed by atoms with Crippen molar-refractivity contribution in [3.63, 3.8) is 0 Å². The summed E-state index contributed by atoms with van der Waals surface area (Å²) in [4.78, 5) is 42.2. The van der Waals surface area contributed by atoms with Crippen LogP contribution in [0.5, 0.6) is 0 Å². The van der Waals surface area contributed by atoms with E-state index in [0.29, 0.717) is 34.2 Å². The molecule has 0 saturated heterocycles. The molecular weight excluding hydrogens is 290 g/mol. The number of nitrogens with one attached hydrogen (secondary N) is 2. The minimum atomic E-state index is -0.228. The summed E-state index contributed by atoms with van der Waals surface area (Å²) < 4.78 is 0. The normalized spacial score (nSPS) is 10.4. The Hall–Kier alpha value is -2.28. The molecule has 0 unspecified atom stereocenters. The van der Waals surface area contributed by atoms with Gasteiger partial charge in [-0.05, 0) is 26.0 Å². The molecule has 21 heavy (non-hydrogen) atoms. The number of rotatable bonds is 5. The summed E-state index contributed by atoms with van der Waals surface area (Å²) in [5, 5.41) is 2.75. The average Bonchev–Trinajstić information content (AvgIpc) is 2.87. The lowest BCUT2D eigenvalue weighted by Gasteiger charge is -2.03. The molecule has 0 aliphatic rings. The second-order valence-corrected chi connectivity index (χ2v) is 5.63. The predicted molar refractivity (Wildman–Crippen MR) is 80.0 cm³/mol. The number of Topliss-reactive ketones (excluding diaryl/α,β-unsaturated/α-hetero) is 1. The van der Waals surface area contributed by atoms with Crippen molar-refractivity contribution >= 4 is 23.0 Å². The van der Waals surface area contributed by atoms with Gasteiger partial charge < -0.3 is 10.3 Å². The van der Waals surface area contributed by atoms with E-state index >= 15 is 0 Å². The molecule has 7 heteroatoms. The first-order valence-electron chi connectivity index (χ1n) is 6.41. The molecular formula is C14H15N3O3S. The SMILES string of the molecule is CC(=O)c1ccc(C(=O)NCCc2cc(=O)[nH]c(C)n2)s1. The van der Waals surface area contributed by atoms with Crippen LogP contribution in [0.1, 0.15) is 37.8 Å². The van der Waals surface area contributed by atoms with Gasteiger partial charge in [0.15, 0.2) is 5.78 Å². The predicted octanol–water partition coefficient (Wildman–Crippen LogP) is 1.31. The van der Waals surface area contributed by atoms with Crippen LogP contribution in [-0.2, 0) is 6.42 Å². The first kappa shape index (κ1) is 15.1. The minimum Gasteiger partial charge on any atom is -0.351 e. The Bertz CT molecular complexity index is 733. The van der Waals surface area contributed by atoms with E-state index in [0.717, 1.165) is 0 Å². The Morgan fingerprint density at radius 2 is 2.05 bits per heavy atom. The van der Waals surface area contributed by atoms with Crippen molar-refractivity contribution in [1.82, 2.24) is 15.3 Å². The molecule has 0 bridgehead atoms. The van der Waals surface area contributed by atoms with E-state index in [4.69, 9.17) is 0 Å². The maximum absolute atomic E-state index is 11.9. The Morgan fingerprint density at radius 3 is 2.67 bits per heavy atom. The van der Waals surface area contributed by atoms with Gasteiger partial charge in [-0.3, -0.25) is 14.4 Å². The maximum Gasteiger partial charge on any atom is 0.261 e. The molecule has 2 N–H and O–H groups in total. The quantitative estimate of drug-likeness (QED) is 0.815. The highest BCUT2D eigenvalue weighted by Crippen LogP contribution is 2.16. The maximum atomic E-state index is 11.9. The second kappa shape index (κ2) is 6.45. The highest BCUT2D eigenvalue weighted by molar-refractivity contribution is 7.15. The molecule has 0 saturated carbocycles. The molecule has 2 aromatic rings. The highest BCUT2D eigenvalue weighted by atomic mass is 32.1. The summed E-state index contributed by atoms with van der Waals surface area (Å²) >= 11 is 1.17. The number of carbonyl (C=O) groups is 2. The minimum absolute atomic E-state index is 0.0535. The van der Waals surface area contributed by atoms with E-state index < -0.39 is 0 Å². The zero-order valence-electron chi connectivity index (χ0n) is 11.7. The number of carbonyl (C=O) groups excluding carboxylic acids is 2. The van der Waals surface area contributed by atoms with Crippen LogP contribution in [0.2, 0.25) is 0 Å². The van der Waals surface area contributed by atoms with Crippen LogP contribution >= 0.6 is 11.3 Å². The third-order valence-electron chi connectivity index (χ3n) is 2.76. The number of H-pyrrole nitrogens is 1. The van der Waals surface area contributed by atoms with Gasteiger partial charge in [0.05, 0.1) is 9.75 Å². The third-order valence-corrected chi connectivity index (χ3v) is 3.94. The van der Waals surface area contributed by atoms with Crippen LogP contribution < -0.4 is 10.9 Å². The van der Waals surface area contributed by atoms with Crippen molar-refractivity contribution in [2.75, 3.05) is 6.54 Å². The monoisotopic (exact) mass is 305 g/mol. The Morgan fingerprint density at radius 1 is 1.33 bits per heavy atom. The fourth-order valence-corrected chi connectivity index (χ4v) is 2.63. The topological polar surface area (TPSA) is 91.9 Å². The van der Waals surface area contributed by atoms with Gasteiger partial charge in [-0.1, -0.05) is 0 Å². The number of amides is 1. The van der Waals surface area contributed by atoms with Crippen molar-refractivity contribution in [2.24, 2.45) is 0 Å². The molecule has 0 aromatic carbocycles. The number of ketones is 1. The summed E-state index contributed by atoms with van der Waals surface area (Å²) in [7, 11) is 0. The van der Waals surface area contributed by atoms with Gasteiger partial charge in [0, 0.05) is 24.7 Å². The number of hydrogen-bond acceptors (Lipinski definition) is 5. The smallest absolute Gasteiger partial charge is 0.261 e. The van der Waals surface area contributed by atoms with Gasteiger partial charge in [-0.25, -0.2) is 4.98 Å². The third kappa shape index (κ3) is 4.09. The molecule has 0 aliphatic carbocycles. The zero-order valence-corrected chi connectivity index (χ0v) is 12.5. The molecule has 0 radical (unpaired) electrons. The Balaban J connectivity index is 1.91. The number of aryl methyl sites for hydroxylation is 1. The van der Waals surface area contributed by atoms with Crippen molar-refractivity contribution < 1.29 is 9.59 Å². The largest absolute Gasteiger partial charge is 0.351 e. The molecule has 0 aliphatic heterocycles.